The Kier molecular flexibility index (Phi) is 9.27. The second-order valence-electron chi connectivity index (χ2n) is 4.82. The number of rotatable bonds is 8. The van der Waals surface area contributed by atoms with Gasteiger partial charge in [0.25, 0.3) is 0 Å². The van der Waals surface area contributed by atoms with E-state index < -0.39 is 12.0 Å². The average molecular weight is 317 g/mol. The number of hydrogen-bond acceptors (Lipinski definition) is 5. The second kappa shape index (κ2) is 10.1. The number of esters is 1. The van der Waals surface area contributed by atoms with Gasteiger partial charge in [-0.1, -0.05) is 26.1 Å². The van der Waals surface area contributed by atoms with Crippen molar-refractivity contribution in [2.75, 3.05) is 20.2 Å². The molecule has 0 aliphatic rings. The Morgan fingerprint density at radius 3 is 2.19 bits per heavy atom. The van der Waals surface area contributed by atoms with Gasteiger partial charge in [-0.25, -0.2) is 4.79 Å². The van der Waals surface area contributed by atoms with Crippen molar-refractivity contribution in [2.45, 2.75) is 33.2 Å². The predicted molar refractivity (Wildman–Crippen MR) is 82.7 cm³/mol. The van der Waals surface area contributed by atoms with E-state index in [1.54, 1.807) is 0 Å². The molecular weight excluding hydrogens is 294 g/mol. The fraction of sp³-hybridized carbons (Fsp3) is 0.692. The summed E-state index contributed by atoms with van der Waals surface area (Å²) in [5.41, 5.74) is 0. The maximum Gasteiger partial charge on any atom is 0.328 e. The van der Waals surface area contributed by atoms with E-state index in [0.29, 0.717) is 13.1 Å². The van der Waals surface area contributed by atoms with E-state index in [1.165, 1.54) is 14.0 Å². The highest BCUT2D eigenvalue weighted by Gasteiger charge is 2.24. The van der Waals surface area contributed by atoms with Crippen molar-refractivity contribution >= 4 is 35.0 Å². The largest absolute Gasteiger partial charge is 0.467 e. The Morgan fingerprint density at radius 2 is 1.71 bits per heavy atom. The third-order valence-corrected chi connectivity index (χ3v) is 2.84. The molecule has 21 heavy (non-hydrogen) atoms. The summed E-state index contributed by atoms with van der Waals surface area (Å²) in [5, 5.41) is 8.01. The van der Waals surface area contributed by atoms with Gasteiger partial charge in [0.1, 0.15) is 6.04 Å². The Hall–Kier alpha value is -1.70. The lowest BCUT2D eigenvalue weighted by molar-refractivity contribution is -0.143. The normalized spacial score (nSPS) is 11.5. The van der Waals surface area contributed by atoms with Gasteiger partial charge >= 0.3 is 5.97 Å². The Bertz CT molecular complexity index is 399. The van der Waals surface area contributed by atoms with Gasteiger partial charge in [0, 0.05) is 20.0 Å². The molecule has 0 aromatic rings. The van der Waals surface area contributed by atoms with Crippen LogP contribution in [0.15, 0.2) is 0 Å². The smallest absolute Gasteiger partial charge is 0.328 e. The number of amides is 2. The van der Waals surface area contributed by atoms with Gasteiger partial charge in [0.2, 0.25) is 11.8 Å². The molecule has 0 aliphatic carbocycles. The van der Waals surface area contributed by atoms with Gasteiger partial charge in [0.05, 0.1) is 18.5 Å². The van der Waals surface area contributed by atoms with Gasteiger partial charge in [-0.05, 0) is 5.92 Å². The zero-order valence-electron chi connectivity index (χ0n) is 12.8. The summed E-state index contributed by atoms with van der Waals surface area (Å²) in [6.07, 6.45) is -0.0182. The number of hydrogen-bond donors (Lipinski definition) is 3. The minimum Gasteiger partial charge on any atom is -0.467 e. The zero-order chi connectivity index (χ0) is 16.4. The molecule has 7 nitrogen and oxygen atoms in total. The SMILES string of the molecule is COC(=O)[C@@H](NC(=S)CC(=O)NCCNC(C)=O)C(C)C. The van der Waals surface area contributed by atoms with E-state index in [9.17, 15) is 14.4 Å². The van der Waals surface area contributed by atoms with Crippen LogP contribution in [0.25, 0.3) is 0 Å². The number of ether oxygens (including phenoxy) is 1. The summed E-state index contributed by atoms with van der Waals surface area (Å²) in [7, 11) is 1.30. The van der Waals surface area contributed by atoms with E-state index >= 15 is 0 Å². The standard InChI is InChI=1S/C13H23N3O4S/c1-8(2)12(13(19)20-4)16-11(21)7-10(18)15-6-5-14-9(3)17/h8,12H,5-7H2,1-4H3,(H,14,17)(H,15,18)(H,16,21)/t12-/m0/s1. The highest BCUT2D eigenvalue weighted by atomic mass is 32.1. The van der Waals surface area contributed by atoms with Crippen LogP contribution in [0.4, 0.5) is 0 Å². The van der Waals surface area contributed by atoms with Crippen LogP contribution in [0, 0.1) is 5.92 Å². The predicted octanol–water partition coefficient (Wildman–Crippen LogP) is -0.257. The van der Waals surface area contributed by atoms with Crippen LogP contribution < -0.4 is 16.0 Å². The van der Waals surface area contributed by atoms with Crippen molar-refractivity contribution in [1.29, 1.82) is 0 Å². The number of thiocarbonyl (C=S) groups is 1. The molecule has 0 unspecified atom stereocenters. The third-order valence-electron chi connectivity index (χ3n) is 2.58. The van der Waals surface area contributed by atoms with Crippen LogP contribution in [0.2, 0.25) is 0 Å². The molecule has 0 rings (SSSR count). The van der Waals surface area contributed by atoms with E-state index in [0.717, 1.165) is 0 Å². The fourth-order valence-electron chi connectivity index (χ4n) is 1.50. The maximum atomic E-state index is 11.6. The molecule has 3 N–H and O–H groups in total. The average Bonchev–Trinajstić information content (AvgIpc) is 2.39. The topological polar surface area (TPSA) is 96.5 Å². The minimum absolute atomic E-state index is 0.0155. The molecule has 0 aliphatic heterocycles. The van der Waals surface area contributed by atoms with Gasteiger partial charge in [-0.3, -0.25) is 9.59 Å². The molecule has 1 atom stereocenters. The molecule has 120 valence electrons. The van der Waals surface area contributed by atoms with Gasteiger partial charge < -0.3 is 20.7 Å². The van der Waals surface area contributed by atoms with Crippen molar-refractivity contribution in [1.82, 2.24) is 16.0 Å². The fourth-order valence-corrected chi connectivity index (χ4v) is 1.76. The van der Waals surface area contributed by atoms with Crippen LogP contribution in [-0.4, -0.2) is 49.0 Å². The van der Waals surface area contributed by atoms with Crippen molar-refractivity contribution in [2.24, 2.45) is 5.92 Å². The van der Waals surface area contributed by atoms with Crippen LogP contribution >= 0.6 is 12.2 Å². The van der Waals surface area contributed by atoms with Crippen LogP contribution in [0.1, 0.15) is 27.2 Å². The number of carbonyl (C=O) groups excluding carboxylic acids is 3. The minimum atomic E-state index is -0.574. The molecule has 0 aromatic carbocycles. The lowest BCUT2D eigenvalue weighted by Crippen LogP contribution is -2.45. The van der Waals surface area contributed by atoms with Gasteiger partial charge in [-0.2, -0.15) is 0 Å². The molecule has 0 spiro atoms. The summed E-state index contributed by atoms with van der Waals surface area (Å²) in [4.78, 5) is 34.1. The van der Waals surface area contributed by atoms with Gasteiger partial charge in [0.15, 0.2) is 0 Å². The van der Waals surface area contributed by atoms with Crippen molar-refractivity contribution < 1.29 is 19.1 Å². The summed E-state index contributed by atoms with van der Waals surface area (Å²) in [6, 6.07) is -0.574. The first kappa shape index (κ1) is 19.3. The van der Waals surface area contributed by atoms with Crippen LogP contribution in [0.3, 0.4) is 0 Å². The second-order valence-corrected chi connectivity index (χ2v) is 5.31. The first-order valence-electron chi connectivity index (χ1n) is 6.66. The lowest BCUT2D eigenvalue weighted by atomic mass is 10.0. The van der Waals surface area contributed by atoms with E-state index in [-0.39, 0.29) is 29.1 Å². The summed E-state index contributed by atoms with van der Waals surface area (Å²) >= 11 is 5.06. The summed E-state index contributed by atoms with van der Waals surface area (Å²) < 4.78 is 4.68. The van der Waals surface area contributed by atoms with Crippen molar-refractivity contribution in [3.8, 4) is 0 Å². The van der Waals surface area contributed by atoms with Crippen molar-refractivity contribution in [3.63, 3.8) is 0 Å². The summed E-state index contributed by atoms with van der Waals surface area (Å²) in [6.45, 7) is 5.79. The van der Waals surface area contributed by atoms with E-state index in [2.05, 4.69) is 20.7 Å². The lowest BCUT2D eigenvalue weighted by Gasteiger charge is -2.21. The number of nitrogens with one attached hydrogen (secondary N) is 3. The maximum absolute atomic E-state index is 11.6. The Morgan fingerprint density at radius 1 is 1.14 bits per heavy atom. The zero-order valence-corrected chi connectivity index (χ0v) is 13.6. The molecule has 8 heteroatoms. The Balaban J connectivity index is 4.14. The highest BCUT2D eigenvalue weighted by Crippen LogP contribution is 2.04. The van der Waals surface area contributed by atoms with Gasteiger partial charge in [-0.15, -0.1) is 0 Å². The molecule has 0 radical (unpaired) electrons. The monoisotopic (exact) mass is 317 g/mol. The quantitative estimate of drug-likeness (QED) is 0.324. The van der Waals surface area contributed by atoms with E-state index in [4.69, 9.17) is 12.2 Å². The molecule has 2 amide bonds. The number of carbonyl (C=O) groups is 3. The number of methoxy groups -OCH3 is 1. The first-order valence-corrected chi connectivity index (χ1v) is 7.07. The molecule has 0 heterocycles. The van der Waals surface area contributed by atoms with Crippen molar-refractivity contribution in [3.05, 3.63) is 0 Å². The Labute approximate surface area is 130 Å². The third kappa shape index (κ3) is 8.96. The molecule has 0 saturated carbocycles. The molecular formula is C13H23N3O4S. The molecule has 0 aromatic heterocycles. The molecule has 0 bridgehead atoms. The first-order chi connectivity index (χ1) is 9.77. The molecule has 0 fully saturated rings. The highest BCUT2D eigenvalue weighted by molar-refractivity contribution is 7.80. The summed E-state index contributed by atoms with van der Waals surface area (Å²) in [5.74, 6) is -0.860. The van der Waals surface area contributed by atoms with E-state index in [1.807, 2.05) is 13.8 Å². The van der Waals surface area contributed by atoms with Crippen LogP contribution in [0.5, 0.6) is 0 Å². The van der Waals surface area contributed by atoms with Crippen LogP contribution in [-0.2, 0) is 19.1 Å². The molecule has 0 saturated heterocycles.